The van der Waals surface area contributed by atoms with Crippen LogP contribution >= 0.6 is 22.6 Å². The average molecular weight is 378 g/mol. The molecule has 1 aliphatic rings. The number of rotatable bonds is 5. The lowest BCUT2D eigenvalue weighted by Gasteiger charge is -2.15. The molecule has 100 valence electrons. The quantitative estimate of drug-likeness (QED) is 0.579. The van der Waals surface area contributed by atoms with Crippen molar-refractivity contribution in [2.75, 3.05) is 42.4 Å². The van der Waals surface area contributed by atoms with E-state index in [2.05, 4.69) is 57.6 Å². The lowest BCUT2D eigenvalue weighted by Crippen LogP contribution is -2.23. The van der Waals surface area contributed by atoms with Crippen molar-refractivity contribution in [3.8, 4) is 0 Å². The molecule has 1 aromatic carbocycles. The van der Waals surface area contributed by atoms with Gasteiger partial charge >= 0.3 is 0 Å². The largest absolute Gasteiger partial charge is 0.361 e. The zero-order valence-electron chi connectivity index (χ0n) is 10.9. The van der Waals surface area contributed by atoms with E-state index in [1.165, 1.54) is 5.56 Å². The van der Waals surface area contributed by atoms with Gasteiger partial charge in [0.05, 0.1) is 27.3 Å². The van der Waals surface area contributed by atoms with Gasteiger partial charge in [-0.05, 0) is 31.2 Å². The zero-order chi connectivity index (χ0) is 13.1. The molecule has 0 saturated heterocycles. The van der Waals surface area contributed by atoms with E-state index in [1.807, 2.05) is 7.05 Å². The molecule has 0 radical (unpaired) electrons. The molecule has 5 heteroatoms. The van der Waals surface area contributed by atoms with Crippen molar-refractivity contribution in [3.63, 3.8) is 0 Å². The molecule has 0 saturated carbocycles. The van der Waals surface area contributed by atoms with E-state index >= 15 is 0 Å². The molecule has 1 atom stereocenters. The fourth-order valence-electron chi connectivity index (χ4n) is 2.10. The minimum atomic E-state index is -0.845. The fraction of sp³-hybridized carbons (Fsp3) is 0.538. The van der Waals surface area contributed by atoms with Crippen LogP contribution in [-0.2, 0) is 17.2 Å². The molecule has 0 aromatic heterocycles. The van der Waals surface area contributed by atoms with Crippen molar-refractivity contribution in [1.82, 2.24) is 4.90 Å². The zero-order valence-corrected chi connectivity index (χ0v) is 13.8. The summed E-state index contributed by atoms with van der Waals surface area (Å²) in [5.74, 6) is 0.632. The van der Waals surface area contributed by atoms with E-state index in [0.717, 1.165) is 34.5 Å². The van der Waals surface area contributed by atoms with Crippen LogP contribution in [0.2, 0.25) is 0 Å². The van der Waals surface area contributed by atoms with Crippen molar-refractivity contribution < 1.29 is 4.21 Å². The van der Waals surface area contributed by atoms with Crippen LogP contribution in [0.25, 0.3) is 0 Å². The van der Waals surface area contributed by atoms with Gasteiger partial charge in [0.15, 0.2) is 0 Å². The van der Waals surface area contributed by atoms with E-state index in [-0.39, 0.29) is 0 Å². The maximum atomic E-state index is 11.9. The Balaban J connectivity index is 2.04. The van der Waals surface area contributed by atoms with Crippen molar-refractivity contribution in [1.29, 1.82) is 0 Å². The van der Waals surface area contributed by atoms with Crippen LogP contribution in [0.3, 0.4) is 0 Å². The van der Waals surface area contributed by atoms with Crippen molar-refractivity contribution in [2.45, 2.75) is 11.3 Å². The second-order valence-corrected chi connectivity index (χ2v) is 7.18. The number of fused-ring (bicyclic) bond motifs is 1. The highest BCUT2D eigenvalue weighted by molar-refractivity contribution is 14.1. The molecule has 1 aliphatic heterocycles. The van der Waals surface area contributed by atoms with E-state index in [1.54, 1.807) is 0 Å². The summed E-state index contributed by atoms with van der Waals surface area (Å²) < 4.78 is 13.1. The highest BCUT2D eigenvalue weighted by atomic mass is 127. The molecular weight excluding hydrogens is 359 g/mol. The molecule has 18 heavy (non-hydrogen) atoms. The van der Waals surface area contributed by atoms with Gasteiger partial charge in [-0.1, -0.05) is 28.7 Å². The first-order valence-electron chi connectivity index (χ1n) is 6.09. The van der Waals surface area contributed by atoms with Crippen molar-refractivity contribution in [3.05, 3.63) is 23.8 Å². The van der Waals surface area contributed by atoms with Gasteiger partial charge in [-0.25, -0.2) is 0 Å². The molecule has 1 heterocycles. The number of likely N-dealkylation sites (N-methyl/N-ethyl adjacent to an activating group) is 1. The van der Waals surface area contributed by atoms with E-state index in [0.29, 0.717) is 5.88 Å². The summed E-state index contributed by atoms with van der Waals surface area (Å²) in [5.41, 5.74) is 2.41. The molecule has 0 spiro atoms. The van der Waals surface area contributed by atoms with Gasteiger partial charge in [0.25, 0.3) is 0 Å². The molecule has 0 fully saturated rings. The number of halogens is 1. The van der Waals surface area contributed by atoms with E-state index in [4.69, 9.17) is 0 Å². The Morgan fingerprint density at radius 2 is 2.22 bits per heavy atom. The normalized spacial score (nSPS) is 18.4. The van der Waals surface area contributed by atoms with Gasteiger partial charge in [0.1, 0.15) is 0 Å². The molecule has 1 aromatic rings. The first-order valence-corrected chi connectivity index (χ1v) is 8.93. The highest BCUT2D eigenvalue weighted by Gasteiger charge is 2.22. The molecule has 3 nitrogen and oxygen atoms in total. The second kappa shape index (κ2) is 6.34. The van der Waals surface area contributed by atoms with Crippen LogP contribution < -0.4 is 4.90 Å². The second-order valence-electron chi connectivity index (χ2n) is 4.72. The lowest BCUT2D eigenvalue weighted by atomic mass is 10.1. The van der Waals surface area contributed by atoms with Crippen LogP contribution in [-0.4, -0.2) is 46.6 Å². The van der Waals surface area contributed by atoms with Crippen LogP contribution in [0.4, 0.5) is 5.69 Å². The number of alkyl halides is 1. The van der Waals surface area contributed by atoms with Crippen LogP contribution in [0.5, 0.6) is 0 Å². The summed E-state index contributed by atoms with van der Waals surface area (Å²) in [4.78, 5) is 5.41. The minimum Gasteiger partial charge on any atom is -0.361 e. The third-order valence-electron chi connectivity index (χ3n) is 3.24. The monoisotopic (exact) mass is 378 g/mol. The average Bonchev–Trinajstić information content (AvgIpc) is 2.63. The topological polar surface area (TPSA) is 23.6 Å². The Kier molecular flexibility index (Phi) is 5.03. The molecular formula is C13H19IN2OS. The molecule has 0 aliphatic carbocycles. The van der Waals surface area contributed by atoms with Gasteiger partial charge in [-0.2, -0.15) is 0 Å². The summed E-state index contributed by atoms with van der Waals surface area (Å²) >= 11 is 2.40. The lowest BCUT2D eigenvalue weighted by molar-refractivity contribution is 0.362. The minimum absolute atomic E-state index is 0.632. The predicted molar refractivity (Wildman–Crippen MR) is 86.2 cm³/mol. The van der Waals surface area contributed by atoms with Gasteiger partial charge in [0.2, 0.25) is 0 Å². The summed E-state index contributed by atoms with van der Waals surface area (Å²) in [6.45, 7) is 2.18. The first kappa shape index (κ1) is 14.3. The van der Waals surface area contributed by atoms with Gasteiger partial charge in [-0.3, -0.25) is 4.21 Å². The summed E-state index contributed by atoms with van der Waals surface area (Å²) in [5, 5.41) is 0. The number of nitrogens with zero attached hydrogens (tertiary/aromatic N) is 2. The molecule has 1 unspecified atom stereocenters. The van der Waals surface area contributed by atoms with Crippen LogP contribution in [0.15, 0.2) is 23.1 Å². The molecule has 0 amide bonds. The highest BCUT2D eigenvalue weighted by Crippen LogP contribution is 2.30. The van der Waals surface area contributed by atoms with E-state index in [9.17, 15) is 4.21 Å². The third kappa shape index (κ3) is 3.24. The summed E-state index contributed by atoms with van der Waals surface area (Å²) in [7, 11) is 3.30. The summed E-state index contributed by atoms with van der Waals surface area (Å²) in [6.07, 6.45) is 1.03. The van der Waals surface area contributed by atoms with Crippen LogP contribution in [0, 0.1) is 0 Å². The Morgan fingerprint density at radius 1 is 1.44 bits per heavy atom. The Morgan fingerprint density at radius 3 is 2.94 bits per heavy atom. The Hall–Kier alpha value is -0.140. The number of benzene rings is 1. The van der Waals surface area contributed by atoms with Crippen molar-refractivity contribution >= 4 is 39.1 Å². The Labute approximate surface area is 125 Å². The fourth-order valence-corrected chi connectivity index (χ4v) is 4.30. The Bertz CT molecular complexity index is 453. The van der Waals surface area contributed by atoms with Gasteiger partial charge in [-0.15, -0.1) is 0 Å². The van der Waals surface area contributed by atoms with Crippen LogP contribution in [0.1, 0.15) is 5.56 Å². The van der Waals surface area contributed by atoms with Gasteiger partial charge < -0.3 is 9.80 Å². The third-order valence-corrected chi connectivity index (χ3v) is 5.16. The maximum Gasteiger partial charge on any atom is 0.0982 e. The number of hydrogen-bond donors (Lipinski definition) is 0. The van der Waals surface area contributed by atoms with Crippen molar-refractivity contribution in [2.24, 2.45) is 0 Å². The molecule has 0 N–H and O–H groups in total. The SMILES string of the molecule is CN(CCI)CCc1ccc2c(c1)S(=O)CN2C. The molecule has 2 rings (SSSR count). The standard InChI is InChI=1S/C13H19IN2OS/c1-15(8-6-14)7-5-11-3-4-12-13(9-11)18(17)10-16(12)2/h3-4,9H,5-8,10H2,1-2H3. The molecule has 0 bridgehead atoms. The number of hydrogen-bond acceptors (Lipinski definition) is 3. The maximum absolute atomic E-state index is 11.9. The predicted octanol–water partition coefficient (Wildman–Crippen LogP) is 2.11. The van der Waals surface area contributed by atoms with E-state index < -0.39 is 10.8 Å². The smallest absolute Gasteiger partial charge is 0.0982 e. The van der Waals surface area contributed by atoms with Gasteiger partial charge in [0, 0.05) is 24.6 Å². The first-order chi connectivity index (χ1) is 8.61. The summed E-state index contributed by atoms with van der Waals surface area (Å²) in [6, 6.07) is 6.39. The number of anilines is 1.